The predicted octanol–water partition coefficient (Wildman–Crippen LogP) is 3.92. The lowest BCUT2D eigenvalue weighted by molar-refractivity contribution is 0.344. The fourth-order valence-electron chi connectivity index (χ4n) is 1.75. The number of nitrogen functional groups attached to an aromatic ring is 1. The van der Waals surface area contributed by atoms with Gasteiger partial charge in [-0.05, 0) is 32.0 Å². The Labute approximate surface area is 137 Å². The molecule has 0 bridgehead atoms. The van der Waals surface area contributed by atoms with Gasteiger partial charge in [-0.15, -0.1) is 10.2 Å². The van der Waals surface area contributed by atoms with E-state index < -0.39 is 0 Å². The molecule has 2 N–H and O–H groups in total. The molecular formula is C13H16Cl2N4OS. The summed E-state index contributed by atoms with van der Waals surface area (Å²) >= 11 is 13.4. The minimum absolute atomic E-state index is 0.217. The van der Waals surface area contributed by atoms with Gasteiger partial charge >= 0.3 is 0 Å². The third-order valence-electron chi connectivity index (χ3n) is 2.67. The summed E-state index contributed by atoms with van der Waals surface area (Å²) in [5.41, 5.74) is 5.79. The van der Waals surface area contributed by atoms with Gasteiger partial charge in [0.25, 0.3) is 0 Å². The Hall–Kier alpha value is -1.11. The predicted molar refractivity (Wildman–Crippen MR) is 87.5 cm³/mol. The van der Waals surface area contributed by atoms with Crippen molar-refractivity contribution in [2.24, 2.45) is 0 Å². The summed E-state index contributed by atoms with van der Waals surface area (Å²) in [4.78, 5) is 0. The maximum atomic E-state index is 6.04. The molecule has 0 atom stereocenters. The first-order valence-electron chi connectivity index (χ1n) is 6.40. The number of nitrogens with two attached hydrogens (primary N) is 1. The number of ether oxygens (including phenoxy) is 1. The summed E-state index contributed by atoms with van der Waals surface area (Å²) < 4.78 is 7.51. The minimum Gasteiger partial charge on any atom is -0.491 e. The van der Waals surface area contributed by atoms with Crippen LogP contribution in [0.15, 0.2) is 23.4 Å². The van der Waals surface area contributed by atoms with Crippen molar-refractivity contribution >= 4 is 40.9 Å². The molecule has 8 heteroatoms. The van der Waals surface area contributed by atoms with E-state index in [1.165, 1.54) is 11.8 Å². The molecule has 0 fully saturated rings. The first kappa shape index (κ1) is 16.3. The lowest BCUT2D eigenvalue weighted by Crippen LogP contribution is -2.08. The van der Waals surface area contributed by atoms with Crippen molar-refractivity contribution in [2.45, 2.75) is 25.0 Å². The molecular weight excluding hydrogens is 331 g/mol. The molecule has 0 aliphatic rings. The molecule has 0 amide bonds. The Balaban J connectivity index is 1.88. The number of anilines is 1. The number of rotatable bonds is 6. The highest BCUT2D eigenvalue weighted by molar-refractivity contribution is 7.99. The van der Waals surface area contributed by atoms with Gasteiger partial charge in [0.15, 0.2) is 5.16 Å². The van der Waals surface area contributed by atoms with E-state index in [9.17, 15) is 0 Å². The van der Waals surface area contributed by atoms with Crippen molar-refractivity contribution in [1.82, 2.24) is 14.8 Å². The van der Waals surface area contributed by atoms with Gasteiger partial charge in [0.1, 0.15) is 5.75 Å². The SMILES string of the molecule is CC(C)n1c(N)nnc1SCCOc1ccc(Cl)cc1Cl. The van der Waals surface area contributed by atoms with E-state index >= 15 is 0 Å². The molecule has 2 aromatic rings. The first-order valence-corrected chi connectivity index (χ1v) is 8.14. The maximum Gasteiger partial charge on any atom is 0.222 e. The van der Waals surface area contributed by atoms with Gasteiger partial charge in [-0.1, -0.05) is 35.0 Å². The van der Waals surface area contributed by atoms with Crippen LogP contribution >= 0.6 is 35.0 Å². The highest BCUT2D eigenvalue weighted by atomic mass is 35.5. The van der Waals surface area contributed by atoms with Crippen LogP contribution in [0.25, 0.3) is 0 Å². The fourth-order valence-corrected chi connectivity index (χ4v) is 3.10. The zero-order valence-electron chi connectivity index (χ0n) is 11.7. The van der Waals surface area contributed by atoms with E-state index in [0.717, 1.165) is 5.16 Å². The van der Waals surface area contributed by atoms with Gasteiger partial charge in [0.05, 0.1) is 11.6 Å². The van der Waals surface area contributed by atoms with Gasteiger partial charge < -0.3 is 10.5 Å². The summed E-state index contributed by atoms with van der Waals surface area (Å²) in [6, 6.07) is 5.37. The van der Waals surface area contributed by atoms with Crippen molar-refractivity contribution in [3.63, 3.8) is 0 Å². The van der Waals surface area contributed by atoms with Gasteiger partial charge in [0, 0.05) is 16.8 Å². The monoisotopic (exact) mass is 346 g/mol. The zero-order chi connectivity index (χ0) is 15.4. The molecule has 114 valence electrons. The fraction of sp³-hybridized carbons (Fsp3) is 0.385. The van der Waals surface area contributed by atoms with Gasteiger partial charge in [0.2, 0.25) is 5.95 Å². The Morgan fingerprint density at radius 2 is 2.10 bits per heavy atom. The third-order valence-corrected chi connectivity index (χ3v) is 4.11. The second kappa shape index (κ2) is 7.24. The summed E-state index contributed by atoms with van der Waals surface area (Å²) in [5, 5.41) is 9.83. The average molecular weight is 347 g/mol. The van der Waals surface area contributed by atoms with Crippen LogP contribution in [-0.2, 0) is 0 Å². The van der Waals surface area contributed by atoms with Crippen molar-refractivity contribution in [3.05, 3.63) is 28.2 Å². The Kier molecular flexibility index (Phi) is 5.61. The first-order chi connectivity index (χ1) is 9.99. The molecule has 5 nitrogen and oxygen atoms in total. The van der Waals surface area contributed by atoms with Crippen molar-refractivity contribution < 1.29 is 4.74 Å². The zero-order valence-corrected chi connectivity index (χ0v) is 14.0. The summed E-state index contributed by atoms with van der Waals surface area (Å²) in [5.74, 6) is 1.75. The molecule has 0 aliphatic heterocycles. The third kappa shape index (κ3) is 4.18. The van der Waals surface area contributed by atoms with Crippen LogP contribution in [0.5, 0.6) is 5.75 Å². The molecule has 1 heterocycles. The Morgan fingerprint density at radius 3 is 2.76 bits per heavy atom. The van der Waals surface area contributed by atoms with E-state index in [0.29, 0.717) is 34.1 Å². The molecule has 0 saturated heterocycles. The van der Waals surface area contributed by atoms with E-state index in [1.54, 1.807) is 18.2 Å². The van der Waals surface area contributed by atoms with Crippen LogP contribution in [0.4, 0.5) is 5.95 Å². The summed E-state index contributed by atoms with van der Waals surface area (Å²) in [6.45, 7) is 4.57. The normalized spacial score (nSPS) is 11.1. The van der Waals surface area contributed by atoms with Crippen LogP contribution in [0.2, 0.25) is 10.0 Å². The lowest BCUT2D eigenvalue weighted by atomic mass is 10.3. The quantitative estimate of drug-likeness (QED) is 0.634. The van der Waals surface area contributed by atoms with Gasteiger partial charge in [-0.25, -0.2) is 0 Å². The molecule has 0 spiro atoms. The topological polar surface area (TPSA) is 66.0 Å². The largest absolute Gasteiger partial charge is 0.491 e. The van der Waals surface area contributed by atoms with Gasteiger partial charge in [-0.3, -0.25) is 4.57 Å². The highest BCUT2D eigenvalue weighted by Gasteiger charge is 2.12. The molecule has 0 unspecified atom stereocenters. The number of halogens is 2. The van der Waals surface area contributed by atoms with Crippen LogP contribution in [0, 0.1) is 0 Å². The Morgan fingerprint density at radius 1 is 1.33 bits per heavy atom. The molecule has 0 saturated carbocycles. The maximum absolute atomic E-state index is 6.04. The number of hydrogen-bond donors (Lipinski definition) is 1. The molecule has 21 heavy (non-hydrogen) atoms. The van der Waals surface area contributed by atoms with E-state index in [2.05, 4.69) is 10.2 Å². The number of thioether (sulfide) groups is 1. The average Bonchev–Trinajstić information content (AvgIpc) is 2.78. The standard InChI is InChI=1S/C13H16Cl2N4OS/c1-8(2)19-12(16)17-18-13(19)21-6-5-20-11-4-3-9(14)7-10(11)15/h3-4,7-8H,5-6H2,1-2H3,(H2,16,17). The van der Waals surface area contributed by atoms with E-state index in [1.807, 2.05) is 18.4 Å². The summed E-state index contributed by atoms with van der Waals surface area (Å²) in [6.07, 6.45) is 0. The van der Waals surface area contributed by atoms with Crippen LogP contribution in [0.3, 0.4) is 0 Å². The van der Waals surface area contributed by atoms with E-state index in [4.69, 9.17) is 33.7 Å². The number of hydrogen-bond acceptors (Lipinski definition) is 5. The smallest absolute Gasteiger partial charge is 0.222 e. The number of benzene rings is 1. The molecule has 0 aliphatic carbocycles. The highest BCUT2D eigenvalue weighted by Crippen LogP contribution is 2.28. The second-order valence-electron chi connectivity index (χ2n) is 4.58. The molecule has 0 radical (unpaired) electrons. The molecule has 1 aromatic heterocycles. The Bertz CT molecular complexity index is 618. The number of aromatic nitrogens is 3. The van der Waals surface area contributed by atoms with Crippen molar-refractivity contribution in [2.75, 3.05) is 18.1 Å². The minimum atomic E-state index is 0.217. The molecule has 1 aromatic carbocycles. The summed E-state index contributed by atoms with van der Waals surface area (Å²) in [7, 11) is 0. The van der Waals surface area contributed by atoms with Crippen molar-refractivity contribution in [1.29, 1.82) is 0 Å². The number of nitrogens with zero attached hydrogens (tertiary/aromatic N) is 3. The van der Waals surface area contributed by atoms with Crippen LogP contribution < -0.4 is 10.5 Å². The lowest BCUT2D eigenvalue weighted by Gasteiger charge is -2.11. The van der Waals surface area contributed by atoms with Crippen molar-refractivity contribution in [3.8, 4) is 5.75 Å². The van der Waals surface area contributed by atoms with Crippen LogP contribution in [0.1, 0.15) is 19.9 Å². The second-order valence-corrected chi connectivity index (χ2v) is 6.48. The van der Waals surface area contributed by atoms with Crippen LogP contribution in [-0.4, -0.2) is 27.1 Å². The van der Waals surface area contributed by atoms with E-state index in [-0.39, 0.29) is 6.04 Å². The molecule has 2 rings (SSSR count). The van der Waals surface area contributed by atoms with Gasteiger partial charge in [-0.2, -0.15) is 0 Å².